The van der Waals surface area contributed by atoms with Gasteiger partial charge >= 0.3 is 0 Å². The second kappa shape index (κ2) is 4.38. The van der Waals surface area contributed by atoms with Crippen molar-refractivity contribution in [1.82, 2.24) is 4.90 Å². The molecule has 0 spiro atoms. The predicted molar refractivity (Wildman–Crippen MR) is 69.7 cm³/mol. The van der Waals surface area contributed by atoms with Crippen LogP contribution in [0.3, 0.4) is 0 Å². The maximum atomic E-state index is 5.35. The van der Waals surface area contributed by atoms with Crippen molar-refractivity contribution < 1.29 is 9.47 Å². The van der Waals surface area contributed by atoms with Crippen molar-refractivity contribution in [2.24, 2.45) is 10.2 Å². The monoisotopic (exact) mass is 261 g/mol. The number of thiocarbonyl (C=S) groups is 1. The highest BCUT2D eigenvalue weighted by Gasteiger charge is 2.28. The lowest BCUT2D eigenvalue weighted by Gasteiger charge is -2.21. The third-order valence-corrected chi connectivity index (χ3v) is 3.13. The zero-order chi connectivity index (χ0) is 12.5. The van der Waals surface area contributed by atoms with Crippen LogP contribution in [0.4, 0.5) is 0 Å². The topological polar surface area (TPSA) is 46.4 Å². The normalized spacial score (nSPS) is 20.6. The van der Waals surface area contributed by atoms with Crippen molar-refractivity contribution in [2.75, 3.05) is 13.3 Å². The number of benzene rings is 1. The van der Waals surface area contributed by atoms with Crippen LogP contribution in [0.15, 0.2) is 41.1 Å². The first-order valence-corrected chi connectivity index (χ1v) is 5.92. The summed E-state index contributed by atoms with van der Waals surface area (Å²) in [5.74, 6) is 1.49. The van der Waals surface area contributed by atoms with E-state index in [0.29, 0.717) is 11.7 Å². The summed E-state index contributed by atoms with van der Waals surface area (Å²) < 4.78 is 10.6. The molecule has 6 heteroatoms. The molecule has 2 heterocycles. The van der Waals surface area contributed by atoms with Crippen LogP contribution in [0.5, 0.6) is 11.5 Å². The van der Waals surface area contributed by atoms with Crippen LogP contribution in [-0.2, 0) is 0 Å². The van der Waals surface area contributed by atoms with E-state index in [0.717, 1.165) is 17.1 Å². The first-order valence-electron chi connectivity index (χ1n) is 5.51. The van der Waals surface area contributed by atoms with Gasteiger partial charge in [0.15, 0.2) is 17.7 Å². The van der Waals surface area contributed by atoms with Gasteiger partial charge in [-0.2, -0.15) is 5.11 Å². The average molecular weight is 261 g/mol. The van der Waals surface area contributed by atoms with E-state index in [1.165, 1.54) is 0 Å². The molecule has 0 bridgehead atoms. The molecule has 0 saturated heterocycles. The molecule has 0 N–H and O–H groups in total. The lowest BCUT2D eigenvalue weighted by Crippen LogP contribution is -2.27. The lowest BCUT2D eigenvalue weighted by atomic mass is 10.1. The zero-order valence-corrected chi connectivity index (χ0v) is 10.4. The second-order valence-corrected chi connectivity index (χ2v) is 4.29. The third-order valence-electron chi connectivity index (χ3n) is 2.81. The van der Waals surface area contributed by atoms with Gasteiger partial charge in [-0.3, -0.25) is 0 Å². The Morgan fingerprint density at radius 3 is 3.11 bits per heavy atom. The van der Waals surface area contributed by atoms with Gasteiger partial charge in [0, 0.05) is 12.1 Å². The van der Waals surface area contributed by atoms with Crippen LogP contribution in [0.1, 0.15) is 11.7 Å². The summed E-state index contributed by atoms with van der Waals surface area (Å²) >= 11 is 5.14. The van der Waals surface area contributed by atoms with Gasteiger partial charge in [-0.1, -0.05) is 12.1 Å². The number of fused-ring (bicyclic) bond motifs is 1. The molecular weight excluding hydrogens is 250 g/mol. The highest BCUT2D eigenvalue weighted by molar-refractivity contribution is 7.80. The van der Waals surface area contributed by atoms with E-state index in [1.807, 2.05) is 23.1 Å². The highest BCUT2D eigenvalue weighted by atomic mass is 32.1. The third kappa shape index (κ3) is 1.74. The standard InChI is InChI=1S/C12H11N3O2S/c1-2-5-15-11(13-14-12(15)18)8-3-4-9-10(6-8)17-7-16-9/h2-4,6,11H,1,5,7H2. The van der Waals surface area contributed by atoms with E-state index < -0.39 is 0 Å². The predicted octanol–water partition coefficient (Wildman–Crippen LogP) is 2.65. The number of ether oxygens (including phenoxy) is 2. The molecule has 1 aromatic carbocycles. The molecule has 0 fully saturated rings. The van der Waals surface area contributed by atoms with Crippen molar-refractivity contribution >= 4 is 17.3 Å². The summed E-state index contributed by atoms with van der Waals surface area (Å²) in [5.41, 5.74) is 0.977. The molecule has 5 nitrogen and oxygen atoms in total. The maximum Gasteiger partial charge on any atom is 0.231 e. The van der Waals surface area contributed by atoms with E-state index in [9.17, 15) is 0 Å². The van der Waals surface area contributed by atoms with E-state index in [1.54, 1.807) is 6.08 Å². The van der Waals surface area contributed by atoms with E-state index in [2.05, 4.69) is 16.8 Å². The number of hydrogen-bond donors (Lipinski definition) is 0. The summed E-state index contributed by atoms with van der Waals surface area (Å²) in [7, 11) is 0. The van der Waals surface area contributed by atoms with Crippen LogP contribution in [0.25, 0.3) is 0 Å². The summed E-state index contributed by atoms with van der Waals surface area (Å²) in [6.07, 6.45) is 1.58. The second-order valence-electron chi connectivity index (χ2n) is 3.93. The Bertz CT molecular complexity index is 544. The van der Waals surface area contributed by atoms with Crippen LogP contribution in [0, 0.1) is 0 Å². The first-order chi connectivity index (χ1) is 8.79. The van der Waals surface area contributed by atoms with E-state index in [-0.39, 0.29) is 13.0 Å². The van der Waals surface area contributed by atoms with Crippen molar-refractivity contribution in [3.8, 4) is 11.5 Å². The molecule has 1 atom stereocenters. The van der Waals surface area contributed by atoms with Gasteiger partial charge in [0.05, 0.1) is 0 Å². The van der Waals surface area contributed by atoms with Crippen LogP contribution < -0.4 is 9.47 Å². The number of nitrogens with zero attached hydrogens (tertiary/aromatic N) is 3. The van der Waals surface area contributed by atoms with Crippen molar-refractivity contribution in [1.29, 1.82) is 0 Å². The van der Waals surface area contributed by atoms with Gasteiger partial charge in [-0.15, -0.1) is 11.7 Å². The molecular formula is C12H11N3O2S. The molecule has 2 aliphatic heterocycles. The minimum absolute atomic E-state index is 0.204. The molecule has 1 unspecified atom stereocenters. The minimum Gasteiger partial charge on any atom is -0.454 e. The fourth-order valence-corrected chi connectivity index (χ4v) is 2.19. The lowest BCUT2D eigenvalue weighted by molar-refractivity contribution is 0.174. The van der Waals surface area contributed by atoms with Crippen molar-refractivity contribution in [2.45, 2.75) is 6.17 Å². The molecule has 0 saturated carbocycles. The van der Waals surface area contributed by atoms with Crippen LogP contribution in [-0.4, -0.2) is 23.4 Å². The number of azo groups is 1. The molecule has 3 rings (SSSR count). The van der Waals surface area contributed by atoms with Gasteiger partial charge in [-0.25, -0.2) is 0 Å². The Hall–Kier alpha value is -1.95. The Kier molecular flexibility index (Phi) is 2.71. The average Bonchev–Trinajstić information content (AvgIpc) is 2.97. The SMILES string of the molecule is C=CCN1C(=S)N=NC1c1ccc2c(c1)OCO2. The highest BCUT2D eigenvalue weighted by Crippen LogP contribution is 2.37. The van der Waals surface area contributed by atoms with Crippen molar-refractivity contribution in [3.05, 3.63) is 36.4 Å². The Morgan fingerprint density at radius 2 is 2.28 bits per heavy atom. The summed E-state index contributed by atoms with van der Waals surface area (Å²) in [6.45, 7) is 4.59. The molecule has 1 aromatic rings. The van der Waals surface area contributed by atoms with Gasteiger partial charge in [0.2, 0.25) is 11.9 Å². The van der Waals surface area contributed by atoms with E-state index >= 15 is 0 Å². The summed E-state index contributed by atoms with van der Waals surface area (Å²) in [5, 5.41) is 8.61. The van der Waals surface area contributed by atoms with Gasteiger partial charge < -0.3 is 14.4 Å². The first kappa shape index (κ1) is 11.2. The largest absolute Gasteiger partial charge is 0.454 e. The smallest absolute Gasteiger partial charge is 0.231 e. The number of hydrogen-bond acceptors (Lipinski definition) is 4. The van der Waals surface area contributed by atoms with Gasteiger partial charge in [0.25, 0.3) is 0 Å². The molecule has 92 valence electrons. The zero-order valence-electron chi connectivity index (χ0n) is 9.57. The molecule has 0 aromatic heterocycles. The van der Waals surface area contributed by atoms with Crippen molar-refractivity contribution in [3.63, 3.8) is 0 Å². The quantitative estimate of drug-likeness (QED) is 0.620. The van der Waals surface area contributed by atoms with Crippen LogP contribution in [0.2, 0.25) is 0 Å². The molecule has 18 heavy (non-hydrogen) atoms. The number of rotatable bonds is 3. The van der Waals surface area contributed by atoms with Crippen LogP contribution >= 0.6 is 12.2 Å². The Balaban J connectivity index is 1.92. The van der Waals surface area contributed by atoms with Gasteiger partial charge in [0.1, 0.15) is 0 Å². The summed E-state index contributed by atoms with van der Waals surface area (Å²) in [6, 6.07) is 5.73. The molecule has 0 aliphatic carbocycles. The minimum atomic E-state index is -0.204. The molecule has 2 aliphatic rings. The Labute approximate surface area is 110 Å². The fraction of sp³-hybridized carbons (Fsp3) is 0.250. The maximum absolute atomic E-state index is 5.35. The Morgan fingerprint density at radius 1 is 1.44 bits per heavy atom. The molecule has 0 amide bonds. The molecule has 0 radical (unpaired) electrons. The summed E-state index contributed by atoms with van der Waals surface area (Å²) in [4.78, 5) is 1.90. The van der Waals surface area contributed by atoms with E-state index in [4.69, 9.17) is 21.7 Å². The fourth-order valence-electron chi connectivity index (χ4n) is 1.97. The van der Waals surface area contributed by atoms with Gasteiger partial charge in [-0.05, 0) is 24.4 Å².